The maximum atomic E-state index is 13.4. The summed E-state index contributed by atoms with van der Waals surface area (Å²) in [6.07, 6.45) is 9.34. The molecule has 0 unspecified atom stereocenters. The van der Waals surface area contributed by atoms with Gasteiger partial charge in [-0.3, -0.25) is 14.3 Å². The third kappa shape index (κ3) is 4.04. The Morgan fingerprint density at radius 2 is 1.85 bits per heavy atom. The van der Waals surface area contributed by atoms with E-state index in [2.05, 4.69) is 25.7 Å². The predicted octanol–water partition coefficient (Wildman–Crippen LogP) is 4.76. The van der Waals surface area contributed by atoms with Crippen LogP contribution < -0.4 is 5.56 Å². The second-order valence-electron chi connectivity index (χ2n) is 7.40. The average Bonchev–Trinajstić information content (AvgIpc) is 3.03. The largest absolute Gasteiger partial charge is 0.297 e. The molecule has 0 amide bonds. The molecule has 1 aliphatic carbocycles. The van der Waals surface area contributed by atoms with Crippen LogP contribution in [0.15, 0.2) is 4.79 Å². The Hall–Kier alpha value is -1.20. The normalized spacial score (nSPS) is 14.3. The van der Waals surface area contributed by atoms with Crippen LogP contribution in [0.5, 0.6) is 0 Å². The first-order valence-electron chi connectivity index (χ1n) is 10.5. The molecule has 2 heterocycles. The van der Waals surface area contributed by atoms with E-state index in [4.69, 9.17) is 4.98 Å². The van der Waals surface area contributed by atoms with Crippen LogP contribution in [0.3, 0.4) is 0 Å². The van der Waals surface area contributed by atoms with Crippen molar-refractivity contribution in [1.29, 1.82) is 0 Å². The predicted molar refractivity (Wildman–Crippen MR) is 111 cm³/mol. The summed E-state index contributed by atoms with van der Waals surface area (Å²) in [5, 5.41) is 0.934. The minimum atomic E-state index is 0.216. The molecule has 0 saturated heterocycles. The van der Waals surface area contributed by atoms with Gasteiger partial charge in [-0.2, -0.15) is 0 Å². The molecule has 0 fully saturated rings. The van der Waals surface area contributed by atoms with Gasteiger partial charge in [0.15, 0.2) is 0 Å². The summed E-state index contributed by atoms with van der Waals surface area (Å²) < 4.78 is 2.00. The van der Waals surface area contributed by atoms with Crippen molar-refractivity contribution in [1.82, 2.24) is 14.5 Å². The molecule has 0 aliphatic heterocycles. The van der Waals surface area contributed by atoms with Crippen LogP contribution in [0.1, 0.15) is 75.6 Å². The fraction of sp³-hybridized carbons (Fsp3) is 0.714. The maximum absolute atomic E-state index is 13.4. The van der Waals surface area contributed by atoms with Crippen LogP contribution in [0, 0.1) is 0 Å². The number of aryl methyl sites for hydroxylation is 2. The number of aromatic nitrogens is 2. The lowest BCUT2D eigenvalue weighted by Gasteiger charge is -2.20. The van der Waals surface area contributed by atoms with Gasteiger partial charge in [-0.05, 0) is 50.8 Å². The Bertz CT molecular complexity index is 789. The molecule has 0 N–H and O–H groups in total. The Kier molecular flexibility index (Phi) is 6.87. The van der Waals surface area contributed by atoms with Gasteiger partial charge in [0.2, 0.25) is 0 Å². The van der Waals surface area contributed by atoms with E-state index >= 15 is 0 Å². The lowest BCUT2D eigenvalue weighted by atomic mass is 9.97. The van der Waals surface area contributed by atoms with Crippen LogP contribution in [0.25, 0.3) is 10.2 Å². The molecule has 0 atom stereocenters. The summed E-state index contributed by atoms with van der Waals surface area (Å²) in [4.78, 5) is 23.2. The van der Waals surface area contributed by atoms with Gasteiger partial charge in [-0.15, -0.1) is 11.3 Å². The summed E-state index contributed by atoms with van der Waals surface area (Å²) in [6, 6.07) is 0. The molecule has 5 heteroatoms. The number of fused-ring (bicyclic) bond motifs is 3. The molecule has 26 heavy (non-hydrogen) atoms. The van der Waals surface area contributed by atoms with Crippen LogP contribution >= 0.6 is 11.3 Å². The highest BCUT2D eigenvalue weighted by Crippen LogP contribution is 2.33. The molecule has 1 aliphatic rings. The van der Waals surface area contributed by atoms with Crippen molar-refractivity contribution >= 4 is 21.6 Å². The van der Waals surface area contributed by atoms with Crippen molar-refractivity contribution < 1.29 is 0 Å². The van der Waals surface area contributed by atoms with Gasteiger partial charge in [0, 0.05) is 11.4 Å². The minimum absolute atomic E-state index is 0.216. The smallest absolute Gasteiger partial charge is 0.262 e. The van der Waals surface area contributed by atoms with E-state index < -0.39 is 0 Å². The lowest BCUT2D eigenvalue weighted by Crippen LogP contribution is -2.31. The number of hydrogen-bond donors (Lipinski definition) is 0. The van der Waals surface area contributed by atoms with Gasteiger partial charge in [0.05, 0.1) is 11.9 Å². The van der Waals surface area contributed by atoms with Crippen molar-refractivity contribution in [3.05, 3.63) is 26.6 Å². The molecular weight excluding hydrogens is 342 g/mol. The van der Waals surface area contributed by atoms with E-state index in [0.29, 0.717) is 0 Å². The Balaban J connectivity index is 2.02. The average molecular weight is 376 g/mol. The molecular formula is C21H33N3OS. The van der Waals surface area contributed by atoms with Gasteiger partial charge in [-0.25, -0.2) is 4.98 Å². The van der Waals surface area contributed by atoms with E-state index in [0.717, 1.165) is 61.5 Å². The first-order valence-corrected chi connectivity index (χ1v) is 11.3. The zero-order valence-electron chi connectivity index (χ0n) is 16.6. The van der Waals surface area contributed by atoms with Crippen LogP contribution in [-0.4, -0.2) is 27.5 Å². The molecule has 3 rings (SSSR count). The highest BCUT2D eigenvalue weighted by molar-refractivity contribution is 7.18. The molecule has 144 valence electrons. The van der Waals surface area contributed by atoms with Crippen molar-refractivity contribution in [2.45, 2.75) is 85.2 Å². The van der Waals surface area contributed by atoms with E-state index in [1.54, 1.807) is 11.3 Å². The number of unbranched alkanes of at least 4 members (excludes halogenated alkanes) is 3. The van der Waals surface area contributed by atoms with Gasteiger partial charge >= 0.3 is 0 Å². The molecule has 0 spiro atoms. The van der Waals surface area contributed by atoms with Crippen LogP contribution in [-0.2, 0) is 25.9 Å². The van der Waals surface area contributed by atoms with Gasteiger partial charge < -0.3 is 0 Å². The number of thiophene rings is 1. The highest BCUT2D eigenvalue weighted by atomic mass is 32.1. The molecule has 0 bridgehead atoms. The second-order valence-corrected chi connectivity index (χ2v) is 8.48. The van der Waals surface area contributed by atoms with Crippen molar-refractivity contribution in [3.8, 4) is 0 Å². The van der Waals surface area contributed by atoms with Crippen molar-refractivity contribution in [2.24, 2.45) is 0 Å². The fourth-order valence-electron chi connectivity index (χ4n) is 3.98. The topological polar surface area (TPSA) is 38.1 Å². The Morgan fingerprint density at radius 3 is 2.58 bits per heavy atom. The third-order valence-electron chi connectivity index (χ3n) is 5.65. The quantitative estimate of drug-likeness (QED) is 0.593. The Labute approximate surface area is 161 Å². The third-order valence-corrected chi connectivity index (χ3v) is 6.83. The molecule has 4 nitrogen and oxygen atoms in total. The zero-order chi connectivity index (χ0) is 18.5. The van der Waals surface area contributed by atoms with E-state index in [9.17, 15) is 4.79 Å². The van der Waals surface area contributed by atoms with E-state index in [-0.39, 0.29) is 5.56 Å². The molecule has 0 saturated carbocycles. The lowest BCUT2D eigenvalue weighted by molar-refractivity contribution is 0.281. The zero-order valence-corrected chi connectivity index (χ0v) is 17.5. The number of hydrogen-bond acceptors (Lipinski definition) is 4. The number of nitrogens with zero attached hydrogens (tertiary/aromatic N) is 3. The summed E-state index contributed by atoms with van der Waals surface area (Å²) >= 11 is 1.77. The molecule has 2 aromatic rings. The van der Waals surface area contributed by atoms with Crippen molar-refractivity contribution in [2.75, 3.05) is 13.1 Å². The fourth-order valence-corrected chi connectivity index (χ4v) is 5.25. The van der Waals surface area contributed by atoms with Crippen LogP contribution in [0.2, 0.25) is 0 Å². The van der Waals surface area contributed by atoms with Crippen LogP contribution in [0.4, 0.5) is 0 Å². The van der Waals surface area contributed by atoms with Crippen molar-refractivity contribution in [3.63, 3.8) is 0 Å². The van der Waals surface area contributed by atoms with Gasteiger partial charge in [0.1, 0.15) is 10.7 Å². The highest BCUT2D eigenvalue weighted by Gasteiger charge is 2.22. The molecule has 0 aromatic carbocycles. The summed E-state index contributed by atoms with van der Waals surface area (Å²) in [6.45, 7) is 10.1. The standard InChI is InChI=1S/C21H33N3OS/c1-4-7-8-11-14-24-18(15-23(5-2)6-3)22-20-19(21(24)25)16-12-9-10-13-17(16)26-20/h4-15H2,1-3H3. The van der Waals surface area contributed by atoms with Gasteiger partial charge in [-0.1, -0.05) is 40.0 Å². The summed E-state index contributed by atoms with van der Waals surface area (Å²) in [5.74, 6) is 0.960. The first-order chi connectivity index (χ1) is 12.7. The first kappa shape index (κ1) is 19.6. The SMILES string of the molecule is CCCCCCn1c(CN(CC)CC)nc2sc3c(c2c1=O)CCCC3. The Morgan fingerprint density at radius 1 is 1.08 bits per heavy atom. The number of rotatable bonds is 9. The molecule has 0 radical (unpaired) electrons. The monoisotopic (exact) mass is 375 g/mol. The molecule has 2 aromatic heterocycles. The minimum Gasteiger partial charge on any atom is -0.297 e. The van der Waals surface area contributed by atoms with Gasteiger partial charge in [0.25, 0.3) is 5.56 Å². The summed E-state index contributed by atoms with van der Waals surface area (Å²) in [5.41, 5.74) is 1.53. The summed E-state index contributed by atoms with van der Waals surface area (Å²) in [7, 11) is 0. The second kappa shape index (κ2) is 9.14. The van der Waals surface area contributed by atoms with E-state index in [1.807, 2.05) is 4.57 Å². The van der Waals surface area contributed by atoms with E-state index in [1.165, 1.54) is 42.5 Å². The maximum Gasteiger partial charge on any atom is 0.262 e.